The Kier molecular flexibility index (Phi) is 60.4. The van der Waals surface area contributed by atoms with Gasteiger partial charge in [0.05, 0.1) is 19.8 Å². The fourth-order valence-electron chi connectivity index (χ4n) is 2.36. The van der Waals surface area contributed by atoms with E-state index >= 15 is 0 Å². The van der Waals surface area contributed by atoms with Gasteiger partial charge in [-0.2, -0.15) is 8.42 Å². The van der Waals surface area contributed by atoms with Crippen molar-refractivity contribution in [1.29, 1.82) is 0 Å². The van der Waals surface area contributed by atoms with Crippen molar-refractivity contribution in [3.8, 4) is 0 Å². The first-order valence-corrected chi connectivity index (χ1v) is 11.5. The summed E-state index contributed by atoms with van der Waals surface area (Å²) in [5.41, 5.74) is 0. The van der Waals surface area contributed by atoms with Crippen molar-refractivity contribution in [1.82, 2.24) is 4.90 Å². The number of unbranched alkanes of at least 4 members (excludes halogenated alkanes) is 9. The predicted molar refractivity (Wildman–Crippen MR) is 114 cm³/mol. The molecule has 13 heteroatoms. The minimum absolute atomic E-state index is 0. The summed E-state index contributed by atoms with van der Waals surface area (Å²) in [6.07, 6.45) is 13.3. The van der Waals surface area contributed by atoms with Crippen LogP contribution in [-0.4, -0.2) is 88.9 Å². The molecular formula is C18H46NNa3O8S. The van der Waals surface area contributed by atoms with E-state index < -0.39 is 10.4 Å². The summed E-state index contributed by atoms with van der Waals surface area (Å²) in [5.74, 6) is 0. The number of nitrogens with zero attached hydrogens (tertiary/aromatic N) is 1. The number of aliphatic hydroxyl groups is 4. The molecule has 0 aliphatic rings. The molecule has 0 aromatic rings. The molecule has 0 aliphatic carbocycles. The van der Waals surface area contributed by atoms with Crippen LogP contribution in [0.15, 0.2) is 0 Å². The Bertz CT molecular complexity index is 365. The van der Waals surface area contributed by atoms with Crippen LogP contribution in [0.2, 0.25) is 0 Å². The van der Waals surface area contributed by atoms with E-state index in [9.17, 15) is 0 Å². The van der Waals surface area contributed by atoms with Crippen LogP contribution in [0.4, 0.5) is 0 Å². The number of hydrogen-bond donors (Lipinski definition) is 6. The molecule has 31 heavy (non-hydrogen) atoms. The maximum atomic E-state index is 8.74. The molecule has 0 aliphatic heterocycles. The topological polar surface area (TPSA) is 159 Å². The largest absolute Gasteiger partial charge is 1.00 e. The monoisotopic (exact) mass is 505 g/mol. The van der Waals surface area contributed by atoms with Crippen molar-refractivity contribution in [2.24, 2.45) is 0 Å². The summed E-state index contributed by atoms with van der Waals surface area (Å²) >= 11 is 0. The first-order valence-electron chi connectivity index (χ1n) is 10.1. The van der Waals surface area contributed by atoms with Crippen LogP contribution in [0, 0.1) is 0 Å². The second-order valence-corrected chi connectivity index (χ2v) is 7.26. The third kappa shape index (κ3) is 65.4. The van der Waals surface area contributed by atoms with E-state index in [1.54, 1.807) is 4.90 Å². The maximum Gasteiger partial charge on any atom is 1.00 e. The van der Waals surface area contributed by atoms with Crippen LogP contribution in [0.5, 0.6) is 0 Å². The van der Waals surface area contributed by atoms with E-state index in [1.807, 2.05) is 0 Å². The first kappa shape index (κ1) is 46.9. The van der Waals surface area contributed by atoms with Gasteiger partial charge in [0, 0.05) is 26.2 Å². The Morgan fingerprint density at radius 2 is 0.839 bits per heavy atom. The van der Waals surface area contributed by atoms with Crippen LogP contribution in [0.1, 0.15) is 75.4 Å². The van der Waals surface area contributed by atoms with Gasteiger partial charge >= 0.3 is 99.1 Å². The fraction of sp³-hybridized carbons (Fsp3) is 1.00. The van der Waals surface area contributed by atoms with Gasteiger partial charge in [-0.1, -0.05) is 64.7 Å². The molecule has 0 saturated carbocycles. The van der Waals surface area contributed by atoms with Crippen LogP contribution in [0.25, 0.3) is 0 Å². The fourth-order valence-corrected chi connectivity index (χ4v) is 2.36. The Morgan fingerprint density at radius 3 is 1.06 bits per heavy atom. The Labute approximate surface area is 260 Å². The summed E-state index contributed by atoms with van der Waals surface area (Å²) in [6, 6.07) is 0. The molecule has 6 N–H and O–H groups in total. The van der Waals surface area contributed by atoms with Crippen LogP contribution in [0.3, 0.4) is 0 Å². The minimum atomic E-state index is -4.67. The molecule has 0 spiro atoms. The molecule has 0 radical (unpaired) electrons. The third-order valence-corrected chi connectivity index (χ3v) is 3.76. The molecule has 9 nitrogen and oxygen atoms in total. The average Bonchev–Trinajstić information content (AvgIpc) is 2.60. The van der Waals surface area contributed by atoms with Gasteiger partial charge in [-0.05, 0) is 6.42 Å². The van der Waals surface area contributed by atoms with Crippen LogP contribution in [-0.2, 0) is 10.4 Å². The van der Waals surface area contributed by atoms with Crippen molar-refractivity contribution in [2.45, 2.75) is 71.1 Å². The summed E-state index contributed by atoms with van der Waals surface area (Å²) in [4.78, 5) is 1.79. The van der Waals surface area contributed by atoms with E-state index in [1.165, 1.54) is 57.8 Å². The number of hydrogen-bond acceptors (Lipinski definition) is 7. The SMILES string of the molecule is CCCCCCCCCCCCO.O=S(=O)(O)O.OCCN(CCO)CCO.[H-].[H-].[H-].[Na+].[Na+].[Na+]. The molecule has 0 atom stereocenters. The van der Waals surface area contributed by atoms with Gasteiger partial charge in [0.15, 0.2) is 0 Å². The van der Waals surface area contributed by atoms with Crippen molar-refractivity contribution in [3.63, 3.8) is 0 Å². The zero-order chi connectivity index (χ0) is 22.1. The van der Waals surface area contributed by atoms with Crippen molar-refractivity contribution in [2.75, 3.05) is 46.1 Å². The van der Waals surface area contributed by atoms with E-state index in [0.717, 1.165) is 6.42 Å². The van der Waals surface area contributed by atoms with Gasteiger partial charge in [0.2, 0.25) is 0 Å². The van der Waals surface area contributed by atoms with E-state index in [-0.39, 0.29) is 113 Å². The summed E-state index contributed by atoms with van der Waals surface area (Å²) in [7, 11) is -4.67. The van der Waals surface area contributed by atoms with Gasteiger partial charge in [0.25, 0.3) is 0 Å². The summed E-state index contributed by atoms with van der Waals surface area (Å²) in [5, 5.41) is 34.0. The second kappa shape index (κ2) is 39.9. The normalized spacial score (nSPS) is 9.81. The predicted octanol–water partition coefficient (Wildman–Crippen LogP) is -7.14. The third-order valence-electron chi connectivity index (χ3n) is 3.76. The Morgan fingerprint density at radius 1 is 0.581 bits per heavy atom. The molecule has 0 fully saturated rings. The molecule has 180 valence electrons. The zero-order valence-electron chi connectivity index (χ0n) is 23.4. The molecule has 0 saturated heterocycles. The van der Waals surface area contributed by atoms with Gasteiger partial charge in [-0.25, -0.2) is 0 Å². The number of aliphatic hydroxyl groups excluding tert-OH is 4. The number of rotatable bonds is 16. The van der Waals surface area contributed by atoms with Gasteiger partial charge < -0.3 is 24.7 Å². The van der Waals surface area contributed by atoms with Crippen LogP contribution >= 0.6 is 0 Å². The smallest absolute Gasteiger partial charge is 1.00 e. The van der Waals surface area contributed by atoms with Crippen molar-refractivity contribution in [3.05, 3.63) is 0 Å². The quantitative estimate of drug-likeness (QED) is 0.0681. The summed E-state index contributed by atoms with van der Waals surface area (Å²) in [6.45, 7) is 4.38. The van der Waals surface area contributed by atoms with Gasteiger partial charge in [0.1, 0.15) is 0 Å². The molecule has 0 rings (SSSR count). The van der Waals surface area contributed by atoms with Crippen molar-refractivity contribution < 1.29 is 131 Å². The van der Waals surface area contributed by atoms with Crippen molar-refractivity contribution >= 4 is 10.4 Å². The summed E-state index contributed by atoms with van der Waals surface area (Å²) < 4.78 is 31.6. The minimum Gasteiger partial charge on any atom is -1.00 e. The average molecular weight is 506 g/mol. The zero-order valence-corrected chi connectivity index (χ0v) is 27.2. The van der Waals surface area contributed by atoms with E-state index in [2.05, 4.69) is 6.92 Å². The standard InChI is InChI=1S/C12H26O.C6H15NO3.3Na.H2O4S.3H/c1-2-3-4-5-6-7-8-9-10-11-12-13;8-4-1-7(2-5-9)3-6-10;;;;1-5(2,3)4;;;/h13H,2-12H2,1H3;8-10H,1-6H2;;;;(H2,1,2,3,4);;;/q;;3*+1;;3*-1. The maximum absolute atomic E-state index is 8.74. The molecule has 0 bridgehead atoms. The van der Waals surface area contributed by atoms with Gasteiger partial charge in [-0.3, -0.25) is 14.0 Å². The van der Waals surface area contributed by atoms with Crippen LogP contribution < -0.4 is 88.7 Å². The molecule has 0 unspecified atom stereocenters. The molecule has 0 aromatic heterocycles. The molecule has 0 aromatic carbocycles. The molecule has 0 amide bonds. The van der Waals surface area contributed by atoms with Gasteiger partial charge in [-0.15, -0.1) is 0 Å². The van der Waals surface area contributed by atoms with E-state index in [4.69, 9.17) is 37.9 Å². The van der Waals surface area contributed by atoms with E-state index in [0.29, 0.717) is 26.2 Å². The Balaban J connectivity index is -0.0000000387. The molecular weight excluding hydrogens is 459 g/mol. The Hall–Kier alpha value is 2.67. The molecule has 0 heterocycles. The second-order valence-electron chi connectivity index (χ2n) is 6.37. The first-order chi connectivity index (χ1) is 13.3.